The number of amides is 1. The molecule has 0 N–H and O–H groups in total. The smallest absolute Gasteiger partial charge is 0.328 e. The Hall–Kier alpha value is -2.88. The van der Waals surface area contributed by atoms with Gasteiger partial charge >= 0.3 is 5.97 Å². The van der Waals surface area contributed by atoms with Gasteiger partial charge in [-0.15, -0.1) is 0 Å². The Labute approximate surface area is 136 Å². The maximum atomic E-state index is 12.6. The number of nitrogens with zero attached hydrogens (tertiary/aromatic N) is 1. The number of ether oxygens (including phenoxy) is 1. The lowest BCUT2D eigenvalue weighted by Gasteiger charge is -2.26. The monoisotopic (exact) mass is 309 g/mol. The zero-order chi connectivity index (χ0) is 16.7. The predicted molar refractivity (Wildman–Crippen MR) is 90.9 cm³/mol. The Kier molecular flexibility index (Phi) is 5.69. The highest BCUT2D eigenvalue weighted by Gasteiger charge is 2.26. The minimum Gasteiger partial charge on any atom is -0.467 e. The molecule has 0 radical (unpaired) electrons. The molecular formula is C19H19NO3. The van der Waals surface area contributed by atoms with Crippen LogP contribution in [0, 0.1) is 0 Å². The van der Waals surface area contributed by atoms with E-state index in [1.165, 1.54) is 18.1 Å². The Bertz CT molecular complexity index is 680. The number of rotatable bonds is 5. The molecule has 0 aromatic heterocycles. The van der Waals surface area contributed by atoms with Crippen LogP contribution in [0.2, 0.25) is 0 Å². The van der Waals surface area contributed by atoms with Gasteiger partial charge in [0.25, 0.3) is 5.91 Å². The molecule has 2 aromatic rings. The summed E-state index contributed by atoms with van der Waals surface area (Å²) in [7, 11) is 1.31. The second-order valence-electron chi connectivity index (χ2n) is 4.99. The van der Waals surface area contributed by atoms with Crippen LogP contribution in [0.3, 0.4) is 0 Å². The van der Waals surface area contributed by atoms with Gasteiger partial charge in [-0.3, -0.25) is 9.69 Å². The summed E-state index contributed by atoms with van der Waals surface area (Å²) in [6.45, 7) is 1.65. The summed E-state index contributed by atoms with van der Waals surface area (Å²) in [5, 5.41) is 0. The molecule has 118 valence electrons. The molecule has 0 aliphatic carbocycles. The summed E-state index contributed by atoms with van der Waals surface area (Å²) in [5.74, 6) is -0.742. The standard InChI is InChI=1S/C19H19NO3/c1-15(19(22)23-2)20(17-11-7-4-8-12-17)18(21)14-13-16-9-5-3-6-10-16/h3-15H,1-2H3/t15-/m0/s1. The van der Waals surface area contributed by atoms with E-state index in [1.54, 1.807) is 25.1 Å². The molecule has 0 spiro atoms. The number of para-hydroxylation sites is 1. The molecule has 4 nitrogen and oxygen atoms in total. The number of carbonyl (C=O) groups is 2. The number of hydrogen-bond donors (Lipinski definition) is 0. The van der Waals surface area contributed by atoms with E-state index in [0.29, 0.717) is 5.69 Å². The van der Waals surface area contributed by atoms with Gasteiger partial charge in [-0.05, 0) is 30.7 Å². The molecular weight excluding hydrogens is 290 g/mol. The molecule has 1 atom stereocenters. The van der Waals surface area contributed by atoms with E-state index in [4.69, 9.17) is 4.74 Å². The van der Waals surface area contributed by atoms with E-state index in [-0.39, 0.29) is 5.91 Å². The Morgan fingerprint density at radius 1 is 1.00 bits per heavy atom. The molecule has 1 amide bonds. The van der Waals surface area contributed by atoms with Crippen molar-refractivity contribution in [2.45, 2.75) is 13.0 Å². The first-order valence-electron chi connectivity index (χ1n) is 7.32. The molecule has 0 fully saturated rings. The topological polar surface area (TPSA) is 46.6 Å². The van der Waals surface area contributed by atoms with Crippen LogP contribution < -0.4 is 4.90 Å². The molecule has 0 unspecified atom stereocenters. The zero-order valence-electron chi connectivity index (χ0n) is 13.2. The quantitative estimate of drug-likeness (QED) is 0.629. The lowest BCUT2D eigenvalue weighted by Crippen LogP contribution is -2.43. The molecule has 0 aliphatic rings. The third-order valence-corrected chi connectivity index (χ3v) is 3.42. The van der Waals surface area contributed by atoms with E-state index in [2.05, 4.69) is 0 Å². The van der Waals surface area contributed by atoms with Gasteiger partial charge in [0, 0.05) is 11.8 Å². The summed E-state index contributed by atoms with van der Waals surface area (Å²) in [6.07, 6.45) is 3.18. The van der Waals surface area contributed by atoms with E-state index in [1.807, 2.05) is 48.5 Å². The molecule has 23 heavy (non-hydrogen) atoms. The second kappa shape index (κ2) is 7.94. The second-order valence-corrected chi connectivity index (χ2v) is 4.99. The Morgan fingerprint density at radius 2 is 1.57 bits per heavy atom. The maximum absolute atomic E-state index is 12.6. The van der Waals surface area contributed by atoms with Crippen molar-refractivity contribution in [1.82, 2.24) is 0 Å². The van der Waals surface area contributed by atoms with Crippen LogP contribution in [-0.4, -0.2) is 25.0 Å². The highest BCUT2D eigenvalue weighted by atomic mass is 16.5. The zero-order valence-corrected chi connectivity index (χ0v) is 13.2. The predicted octanol–water partition coefficient (Wildman–Crippen LogP) is 3.29. The largest absolute Gasteiger partial charge is 0.467 e. The minimum absolute atomic E-state index is 0.280. The highest BCUT2D eigenvalue weighted by molar-refractivity contribution is 6.07. The van der Waals surface area contributed by atoms with Gasteiger partial charge in [-0.1, -0.05) is 48.5 Å². The number of methoxy groups -OCH3 is 1. The fourth-order valence-electron chi connectivity index (χ4n) is 2.22. The molecule has 2 rings (SSSR count). The van der Waals surface area contributed by atoms with Crippen LogP contribution in [-0.2, 0) is 14.3 Å². The average Bonchev–Trinajstić information content (AvgIpc) is 2.61. The average molecular weight is 309 g/mol. The molecule has 0 heterocycles. The van der Waals surface area contributed by atoms with Crippen LogP contribution in [0.1, 0.15) is 12.5 Å². The first-order valence-corrected chi connectivity index (χ1v) is 7.32. The molecule has 0 bridgehead atoms. The summed E-state index contributed by atoms with van der Waals surface area (Å²) < 4.78 is 4.77. The van der Waals surface area contributed by atoms with Crippen molar-refractivity contribution in [1.29, 1.82) is 0 Å². The fourth-order valence-corrected chi connectivity index (χ4v) is 2.22. The van der Waals surface area contributed by atoms with Gasteiger partial charge in [0.05, 0.1) is 7.11 Å². The lowest BCUT2D eigenvalue weighted by atomic mass is 10.2. The van der Waals surface area contributed by atoms with Crippen LogP contribution in [0.5, 0.6) is 0 Å². The normalized spacial score (nSPS) is 11.9. The third kappa shape index (κ3) is 4.30. The Balaban J connectivity index is 2.28. The first-order chi connectivity index (χ1) is 11.1. The van der Waals surface area contributed by atoms with Crippen LogP contribution in [0.25, 0.3) is 6.08 Å². The number of anilines is 1. The van der Waals surface area contributed by atoms with E-state index < -0.39 is 12.0 Å². The van der Waals surface area contributed by atoms with Crippen molar-refractivity contribution in [3.05, 3.63) is 72.3 Å². The number of esters is 1. The fraction of sp³-hybridized carbons (Fsp3) is 0.158. The van der Waals surface area contributed by atoms with Crippen LogP contribution in [0.4, 0.5) is 5.69 Å². The van der Waals surface area contributed by atoms with Crippen molar-refractivity contribution in [2.75, 3.05) is 12.0 Å². The van der Waals surface area contributed by atoms with E-state index in [0.717, 1.165) is 5.56 Å². The van der Waals surface area contributed by atoms with Gasteiger partial charge < -0.3 is 4.74 Å². The number of carbonyl (C=O) groups excluding carboxylic acids is 2. The highest BCUT2D eigenvalue weighted by Crippen LogP contribution is 2.18. The van der Waals surface area contributed by atoms with Crippen molar-refractivity contribution in [2.24, 2.45) is 0 Å². The van der Waals surface area contributed by atoms with Gasteiger partial charge in [-0.2, -0.15) is 0 Å². The molecule has 2 aromatic carbocycles. The van der Waals surface area contributed by atoms with Crippen LogP contribution >= 0.6 is 0 Å². The van der Waals surface area contributed by atoms with E-state index >= 15 is 0 Å². The van der Waals surface area contributed by atoms with Gasteiger partial charge in [0.15, 0.2) is 0 Å². The van der Waals surface area contributed by atoms with Crippen molar-refractivity contribution in [3.63, 3.8) is 0 Å². The van der Waals surface area contributed by atoms with Crippen molar-refractivity contribution in [3.8, 4) is 0 Å². The summed E-state index contributed by atoms with van der Waals surface area (Å²) in [5.41, 5.74) is 1.56. The van der Waals surface area contributed by atoms with Gasteiger partial charge in [-0.25, -0.2) is 4.79 Å². The van der Waals surface area contributed by atoms with E-state index in [9.17, 15) is 9.59 Å². The van der Waals surface area contributed by atoms with Gasteiger partial charge in [0.2, 0.25) is 0 Å². The van der Waals surface area contributed by atoms with Crippen LogP contribution in [0.15, 0.2) is 66.7 Å². The minimum atomic E-state index is -0.713. The summed E-state index contributed by atoms with van der Waals surface area (Å²) >= 11 is 0. The maximum Gasteiger partial charge on any atom is 0.328 e. The Morgan fingerprint density at radius 3 is 2.13 bits per heavy atom. The molecule has 0 aliphatic heterocycles. The van der Waals surface area contributed by atoms with Crippen molar-refractivity contribution < 1.29 is 14.3 Å². The first kappa shape index (κ1) is 16.5. The number of benzene rings is 2. The molecule has 0 saturated heterocycles. The van der Waals surface area contributed by atoms with Crippen molar-refractivity contribution >= 4 is 23.6 Å². The third-order valence-electron chi connectivity index (χ3n) is 3.42. The number of hydrogen-bond acceptors (Lipinski definition) is 3. The summed E-state index contributed by atoms with van der Waals surface area (Å²) in [4.78, 5) is 25.9. The lowest BCUT2D eigenvalue weighted by molar-refractivity contribution is -0.142. The SMILES string of the molecule is COC(=O)[C@H](C)N(C(=O)C=Cc1ccccc1)c1ccccc1. The molecule has 0 saturated carbocycles. The van der Waals surface area contributed by atoms with Gasteiger partial charge in [0.1, 0.15) is 6.04 Å². The summed E-state index contributed by atoms with van der Waals surface area (Å²) in [6, 6.07) is 17.9. The molecule has 4 heteroatoms.